The lowest BCUT2D eigenvalue weighted by Gasteiger charge is -1.92. The number of nitrogens with zero attached hydrogens (tertiary/aromatic N) is 2. The minimum absolute atomic E-state index is 0.0499. The van der Waals surface area contributed by atoms with Crippen LogP contribution in [0.1, 0.15) is 5.89 Å². The lowest BCUT2D eigenvalue weighted by Crippen LogP contribution is -1.98. The first kappa shape index (κ1) is 10.8. The third-order valence-electron chi connectivity index (χ3n) is 1.83. The zero-order valence-corrected chi connectivity index (χ0v) is 9.14. The Hall–Kier alpha value is -1.69. The number of sulfone groups is 1. The summed E-state index contributed by atoms with van der Waals surface area (Å²) in [6, 6.07) is 9.13. The second-order valence-electron chi connectivity index (χ2n) is 3.25. The Bertz CT molecular complexity index is 575. The van der Waals surface area contributed by atoms with Crippen molar-refractivity contribution in [2.45, 2.75) is 5.75 Å². The van der Waals surface area contributed by atoms with Crippen LogP contribution in [0.25, 0.3) is 11.5 Å². The van der Waals surface area contributed by atoms with Gasteiger partial charge in [-0.05, 0) is 12.1 Å². The van der Waals surface area contributed by atoms with Crippen molar-refractivity contribution in [2.24, 2.45) is 0 Å². The standard InChI is InChI=1S/C10H9N2O3S/c1-16(13,14)7-9-11-12-10(15-9)8-5-3-2-4-6-8/h2-6H,1,7H2. The first-order valence-corrected chi connectivity index (χ1v) is 6.30. The molecular weight excluding hydrogens is 228 g/mol. The van der Waals surface area contributed by atoms with Crippen molar-refractivity contribution in [1.82, 2.24) is 10.2 Å². The third kappa shape index (κ3) is 2.66. The van der Waals surface area contributed by atoms with Gasteiger partial charge in [0.05, 0.1) is 6.26 Å². The maximum Gasteiger partial charge on any atom is 0.247 e. The topological polar surface area (TPSA) is 73.1 Å². The molecule has 0 aliphatic heterocycles. The van der Waals surface area contributed by atoms with Gasteiger partial charge in [0, 0.05) is 5.56 Å². The maximum absolute atomic E-state index is 10.9. The van der Waals surface area contributed by atoms with Crippen molar-refractivity contribution in [3.63, 3.8) is 0 Å². The zero-order chi connectivity index (χ0) is 11.6. The summed E-state index contributed by atoms with van der Waals surface area (Å²) in [6.45, 7) is 0. The Morgan fingerprint density at radius 1 is 1.19 bits per heavy atom. The number of hydrogen-bond acceptors (Lipinski definition) is 5. The number of benzene rings is 1. The van der Waals surface area contributed by atoms with E-state index >= 15 is 0 Å². The molecule has 0 aliphatic carbocycles. The highest BCUT2D eigenvalue weighted by Gasteiger charge is 2.13. The third-order valence-corrected chi connectivity index (χ3v) is 2.52. The smallest absolute Gasteiger partial charge is 0.247 e. The molecule has 0 spiro atoms. The predicted molar refractivity (Wildman–Crippen MR) is 57.7 cm³/mol. The SMILES string of the molecule is [CH2]S(=O)(=O)Cc1nnc(-c2ccccc2)o1. The van der Waals surface area contributed by atoms with Crippen molar-refractivity contribution >= 4 is 9.84 Å². The van der Waals surface area contributed by atoms with Gasteiger partial charge in [0.1, 0.15) is 5.75 Å². The normalized spacial score (nSPS) is 11.6. The van der Waals surface area contributed by atoms with Crippen LogP contribution in [-0.4, -0.2) is 18.6 Å². The van der Waals surface area contributed by atoms with Crippen molar-refractivity contribution in [1.29, 1.82) is 0 Å². The molecule has 83 valence electrons. The molecule has 2 aromatic rings. The highest BCUT2D eigenvalue weighted by Crippen LogP contribution is 2.17. The van der Waals surface area contributed by atoms with E-state index in [-0.39, 0.29) is 11.6 Å². The van der Waals surface area contributed by atoms with E-state index < -0.39 is 9.84 Å². The molecule has 1 aromatic heterocycles. The van der Waals surface area contributed by atoms with Crippen LogP contribution >= 0.6 is 0 Å². The predicted octanol–water partition coefficient (Wildman–Crippen LogP) is 1.44. The molecule has 0 amide bonds. The molecule has 0 unspecified atom stereocenters. The molecule has 5 nitrogen and oxygen atoms in total. The van der Waals surface area contributed by atoms with Crippen molar-refractivity contribution < 1.29 is 12.8 Å². The summed E-state index contributed by atoms with van der Waals surface area (Å²) in [5.74, 6) is 0.0143. The molecule has 16 heavy (non-hydrogen) atoms. The Morgan fingerprint density at radius 2 is 1.88 bits per heavy atom. The van der Waals surface area contributed by atoms with Gasteiger partial charge in [0.25, 0.3) is 0 Å². The minimum atomic E-state index is -3.39. The molecule has 0 atom stereocenters. The summed E-state index contributed by atoms with van der Waals surface area (Å²) in [5, 5.41) is 7.40. The van der Waals surface area contributed by atoms with Gasteiger partial charge in [-0.25, -0.2) is 8.42 Å². The minimum Gasteiger partial charge on any atom is -0.420 e. The van der Waals surface area contributed by atoms with E-state index in [4.69, 9.17) is 4.42 Å². The molecule has 0 fully saturated rings. The monoisotopic (exact) mass is 237 g/mol. The van der Waals surface area contributed by atoms with Gasteiger partial charge in [-0.15, -0.1) is 10.2 Å². The lowest BCUT2D eigenvalue weighted by molar-refractivity contribution is 0.520. The largest absolute Gasteiger partial charge is 0.420 e. The first-order valence-electron chi connectivity index (χ1n) is 4.48. The fourth-order valence-corrected chi connectivity index (χ4v) is 1.69. The van der Waals surface area contributed by atoms with Gasteiger partial charge in [0.15, 0.2) is 9.84 Å². The molecule has 1 aromatic carbocycles. The van der Waals surface area contributed by atoms with E-state index in [0.717, 1.165) is 5.56 Å². The van der Waals surface area contributed by atoms with Gasteiger partial charge in [0.2, 0.25) is 11.8 Å². The molecule has 0 saturated heterocycles. The Balaban J connectivity index is 2.27. The Labute approximate surface area is 93.0 Å². The summed E-state index contributed by atoms with van der Waals surface area (Å²) < 4.78 is 27.0. The van der Waals surface area contributed by atoms with Gasteiger partial charge in [-0.2, -0.15) is 0 Å². The van der Waals surface area contributed by atoms with E-state index in [1.165, 1.54) is 0 Å². The fourth-order valence-electron chi connectivity index (χ4n) is 1.20. The molecule has 0 N–H and O–H groups in total. The van der Waals surface area contributed by atoms with E-state index in [1.54, 1.807) is 12.1 Å². The Morgan fingerprint density at radius 3 is 2.50 bits per heavy atom. The number of aromatic nitrogens is 2. The summed E-state index contributed by atoms with van der Waals surface area (Å²) in [5.41, 5.74) is 0.753. The second-order valence-corrected chi connectivity index (χ2v) is 5.03. The molecule has 2 rings (SSSR count). The average molecular weight is 237 g/mol. The van der Waals surface area contributed by atoms with Crippen LogP contribution in [0.5, 0.6) is 0 Å². The van der Waals surface area contributed by atoms with Crippen molar-refractivity contribution in [3.05, 3.63) is 42.5 Å². The summed E-state index contributed by atoms with van der Waals surface area (Å²) >= 11 is 0. The molecule has 0 bridgehead atoms. The second kappa shape index (κ2) is 4.05. The summed E-state index contributed by atoms with van der Waals surface area (Å²) in [6.07, 6.45) is 2.99. The molecule has 6 heteroatoms. The van der Waals surface area contributed by atoms with Crippen molar-refractivity contribution in [3.8, 4) is 11.5 Å². The van der Waals surface area contributed by atoms with Crippen LogP contribution in [-0.2, 0) is 15.6 Å². The summed E-state index contributed by atoms with van der Waals surface area (Å²) in [4.78, 5) is 0. The quantitative estimate of drug-likeness (QED) is 0.807. The molecule has 1 heterocycles. The molecule has 0 saturated carbocycles. The highest BCUT2D eigenvalue weighted by atomic mass is 32.2. The van der Waals surface area contributed by atoms with Crippen LogP contribution in [0.4, 0.5) is 0 Å². The highest BCUT2D eigenvalue weighted by molar-refractivity contribution is 7.91. The first-order chi connectivity index (χ1) is 7.54. The molecular formula is C10H9N2O3S. The van der Waals surface area contributed by atoms with Crippen LogP contribution in [0, 0.1) is 6.26 Å². The van der Waals surface area contributed by atoms with Crippen LogP contribution in [0.3, 0.4) is 0 Å². The lowest BCUT2D eigenvalue weighted by atomic mass is 10.2. The maximum atomic E-state index is 10.9. The van der Waals surface area contributed by atoms with Gasteiger partial charge in [-0.1, -0.05) is 18.2 Å². The van der Waals surface area contributed by atoms with Crippen LogP contribution < -0.4 is 0 Å². The van der Waals surface area contributed by atoms with Gasteiger partial charge in [-0.3, -0.25) is 0 Å². The number of rotatable bonds is 3. The van der Waals surface area contributed by atoms with Gasteiger partial charge >= 0.3 is 0 Å². The average Bonchev–Trinajstić information content (AvgIpc) is 2.65. The van der Waals surface area contributed by atoms with E-state index in [1.807, 2.05) is 18.2 Å². The van der Waals surface area contributed by atoms with Crippen LogP contribution in [0.2, 0.25) is 0 Å². The van der Waals surface area contributed by atoms with E-state index in [2.05, 4.69) is 16.5 Å². The van der Waals surface area contributed by atoms with E-state index in [0.29, 0.717) is 5.89 Å². The summed E-state index contributed by atoms with van der Waals surface area (Å²) in [7, 11) is -3.39. The Kier molecular flexibility index (Phi) is 2.74. The molecule has 1 radical (unpaired) electrons. The van der Waals surface area contributed by atoms with Crippen LogP contribution in [0.15, 0.2) is 34.7 Å². The van der Waals surface area contributed by atoms with Crippen molar-refractivity contribution in [2.75, 3.05) is 0 Å². The number of hydrogen-bond donors (Lipinski definition) is 0. The molecule has 0 aliphatic rings. The van der Waals surface area contributed by atoms with Gasteiger partial charge < -0.3 is 4.42 Å². The van der Waals surface area contributed by atoms with E-state index in [9.17, 15) is 8.42 Å². The fraction of sp³-hybridized carbons (Fsp3) is 0.100. The zero-order valence-electron chi connectivity index (χ0n) is 8.33.